The van der Waals surface area contributed by atoms with Crippen molar-refractivity contribution in [3.05, 3.63) is 33.8 Å². The number of nitrogens with zero attached hydrogens (tertiary/aromatic N) is 1. The summed E-state index contributed by atoms with van der Waals surface area (Å²) in [4.78, 5) is 36.3. The van der Waals surface area contributed by atoms with Gasteiger partial charge in [-0.2, -0.15) is 0 Å². The molecule has 1 aliphatic heterocycles. The van der Waals surface area contributed by atoms with E-state index in [1.54, 1.807) is 18.2 Å². The molecule has 2 rings (SSSR count). The molecule has 0 spiro atoms. The number of imide groups is 1. The van der Waals surface area contributed by atoms with Gasteiger partial charge in [-0.05, 0) is 24.6 Å². The number of carbonyl (C=O) groups is 3. The Balaban J connectivity index is 2.08. The number of esters is 1. The molecule has 0 saturated heterocycles. The van der Waals surface area contributed by atoms with Crippen LogP contribution >= 0.6 is 15.9 Å². The Labute approximate surface area is 118 Å². The Morgan fingerprint density at radius 3 is 2.63 bits per heavy atom. The first-order valence-electron chi connectivity index (χ1n) is 5.77. The van der Waals surface area contributed by atoms with Gasteiger partial charge in [0.25, 0.3) is 11.8 Å². The van der Waals surface area contributed by atoms with Gasteiger partial charge < -0.3 is 4.74 Å². The highest BCUT2D eigenvalue weighted by atomic mass is 79.9. The maximum Gasteiger partial charge on any atom is 0.305 e. The third kappa shape index (κ3) is 2.68. The van der Waals surface area contributed by atoms with Gasteiger partial charge in [-0.25, -0.2) is 0 Å². The van der Waals surface area contributed by atoms with Crippen molar-refractivity contribution in [1.29, 1.82) is 0 Å². The second-order valence-electron chi connectivity index (χ2n) is 4.13. The number of carbonyl (C=O) groups excluding carboxylic acids is 3. The summed E-state index contributed by atoms with van der Waals surface area (Å²) in [6.07, 6.45) is 0.590. The number of benzene rings is 1. The van der Waals surface area contributed by atoms with Crippen LogP contribution in [0.25, 0.3) is 0 Å². The second kappa shape index (κ2) is 5.52. The lowest BCUT2D eigenvalue weighted by atomic mass is 10.1. The monoisotopic (exact) mass is 325 g/mol. The van der Waals surface area contributed by atoms with E-state index < -0.39 is 0 Å². The first-order valence-corrected chi connectivity index (χ1v) is 6.56. The van der Waals surface area contributed by atoms with Crippen LogP contribution < -0.4 is 0 Å². The van der Waals surface area contributed by atoms with E-state index in [4.69, 9.17) is 0 Å². The Morgan fingerprint density at radius 1 is 1.26 bits per heavy atom. The van der Waals surface area contributed by atoms with E-state index in [-0.39, 0.29) is 30.7 Å². The molecule has 0 atom stereocenters. The summed E-state index contributed by atoms with van der Waals surface area (Å²) >= 11 is 3.27. The summed E-state index contributed by atoms with van der Waals surface area (Å²) in [5, 5.41) is 0. The van der Waals surface area contributed by atoms with Crippen LogP contribution in [-0.2, 0) is 9.53 Å². The van der Waals surface area contributed by atoms with Crippen molar-refractivity contribution < 1.29 is 19.1 Å². The van der Waals surface area contributed by atoms with Gasteiger partial charge in [-0.15, -0.1) is 0 Å². The molecule has 1 aromatic carbocycles. The average molecular weight is 326 g/mol. The lowest BCUT2D eigenvalue weighted by molar-refractivity contribution is -0.140. The standard InChI is InChI=1S/C13H12BrNO4/c1-19-11(16)3-2-6-15-12(17)9-5-4-8(14)7-10(9)13(15)18/h4-5,7H,2-3,6H2,1H3. The third-order valence-corrected chi connectivity index (χ3v) is 3.42. The molecule has 2 amide bonds. The van der Waals surface area contributed by atoms with Gasteiger partial charge >= 0.3 is 5.97 Å². The van der Waals surface area contributed by atoms with Crippen molar-refractivity contribution in [2.45, 2.75) is 12.8 Å². The summed E-state index contributed by atoms with van der Waals surface area (Å²) in [6, 6.07) is 4.98. The first-order chi connectivity index (χ1) is 9.04. The zero-order valence-corrected chi connectivity index (χ0v) is 11.9. The molecule has 1 aromatic rings. The van der Waals surface area contributed by atoms with Crippen molar-refractivity contribution >= 4 is 33.7 Å². The van der Waals surface area contributed by atoms with Crippen molar-refractivity contribution in [3.8, 4) is 0 Å². The minimum Gasteiger partial charge on any atom is -0.469 e. The Morgan fingerprint density at radius 2 is 1.95 bits per heavy atom. The minimum absolute atomic E-state index is 0.188. The SMILES string of the molecule is COC(=O)CCCN1C(=O)c2ccc(Br)cc2C1=O. The number of hydrogen-bond donors (Lipinski definition) is 0. The maximum atomic E-state index is 12.1. The Bertz CT molecular complexity index is 556. The molecule has 100 valence electrons. The molecule has 0 bridgehead atoms. The molecule has 19 heavy (non-hydrogen) atoms. The van der Waals surface area contributed by atoms with Crippen LogP contribution in [0.15, 0.2) is 22.7 Å². The van der Waals surface area contributed by atoms with Gasteiger partial charge in [0.2, 0.25) is 0 Å². The molecule has 0 aromatic heterocycles. The summed E-state index contributed by atoms with van der Waals surface area (Å²) in [7, 11) is 1.31. The molecule has 6 heteroatoms. The van der Waals surface area contributed by atoms with Gasteiger partial charge in [-0.1, -0.05) is 15.9 Å². The molecule has 5 nitrogen and oxygen atoms in total. The highest BCUT2D eigenvalue weighted by Gasteiger charge is 2.35. The predicted octanol–water partition coefficient (Wildman–Crippen LogP) is 2.00. The lowest BCUT2D eigenvalue weighted by Crippen LogP contribution is -2.31. The van der Waals surface area contributed by atoms with Crippen LogP contribution in [0.3, 0.4) is 0 Å². The number of hydrogen-bond acceptors (Lipinski definition) is 4. The second-order valence-corrected chi connectivity index (χ2v) is 5.05. The molecule has 0 unspecified atom stereocenters. The summed E-state index contributed by atoms with van der Waals surface area (Å²) < 4.78 is 5.27. The van der Waals surface area contributed by atoms with Crippen molar-refractivity contribution in [1.82, 2.24) is 4.90 Å². The van der Waals surface area contributed by atoms with Crippen LogP contribution in [-0.4, -0.2) is 36.3 Å². The van der Waals surface area contributed by atoms with Gasteiger partial charge in [-0.3, -0.25) is 19.3 Å². The molecule has 0 radical (unpaired) electrons. The first kappa shape index (κ1) is 13.7. The fourth-order valence-corrected chi connectivity index (χ4v) is 2.31. The highest BCUT2D eigenvalue weighted by Crippen LogP contribution is 2.26. The zero-order valence-electron chi connectivity index (χ0n) is 10.3. The molecule has 1 aliphatic rings. The number of fused-ring (bicyclic) bond motifs is 1. The molecule has 0 saturated carbocycles. The van der Waals surface area contributed by atoms with Crippen LogP contribution in [0, 0.1) is 0 Å². The van der Waals surface area contributed by atoms with Crippen LogP contribution in [0.5, 0.6) is 0 Å². The predicted molar refractivity (Wildman–Crippen MR) is 70.8 cm³/mol. The summed E-state index contributed by atoms with van der Waals surface area (Å²) in [6.45, 7) is 0.221. The smallest absolute Gasteiger partial charge is 0.305 e. The van der Waals surface area contributed by atoms with E-state index in [2.05, 4.69) is 20.7 Å². The van der Waals surface area contributed by atoms with Crippen molar-refractivity contribution in [3.63, 3.8) is 0 Å². The Kier molecular flexibility index (Phi) is 3.99. The quantitative estimate of drug-likeness (QED) is 0.627. The molecular weight excluding hydrogens is 314 g/mol. The highest BCUT2D eigenvalue weighted by molar-refractivity contribution is 9.10. The fraction of sp³-hybridized carbons (Fsp3) is 0.308. The largest absolute Gasteiger partial charge is 0.469 e. The maximum absolute atomic E-state index is 12.1. The summed E-state index contributed by atoms with van der Waals surface area (Å²) in [5.74, 6) is -0.970. The van der Waals surface area contributed by atoms with E-state index in [1.165, 1.54) is 12.0 Å². The van der Waals surface area contributed by atoms with E-state index >= 15 is 0 Å². The Hall–Kier alpha value is -1.69. The van der Waals surface area contributed by atoms with Crippen molar-refractivity contribution in [2.24, 2.45) is 0 Å². The average Bonchev–Trinajstić information content (AvgIpc) is 2.63. The van der Waals surface area contributed by atoms with Gasteiger partial charge in [0, 0.05) is 17.4 Å². The molecule has 0 fully saturated rings. The van der Waals surface area contributed by atoms with Crippen LogP contribution in [0.2, 0.25) is 0 Å². The number of methoxy groups -OCH3 is 1. The topological polar surface area (TPSA) is 63.7 Å². The van der Waals surface area contributed by atoms with E-state index in [1.807, 2.05) is 0 Å². The minimum atomic E-state index is -0.348. The number of rotatable bonds is 4. The van der Waals surface area contributed by atoms with Crippen LogP contribution in [0.1, 0.15) is 33.6 Å². The molecular formula is C13H12BrNO4. The van der Waals surface area contributed by atoms with Crippen molar-refractivity contribution in [2.75, 3.05) is 13.7 Å². The van der Waals surface area contributed by atoms with E-state index in [9.17, 15) is 14.4 Å². The fourth-order valence-electron chi connectivity index (χ4n) is 1.95. The lowest BCUT2D eigenvalue weighted by Gasteiger charge is -2.12. The van der Waals surface area contributed by atoms with E-state index in [0.717, 1.165) is 4.47 Å². The third-order valence-electron chi connectivity index (χ3n) is 2.92. The summed E-state index contributed by atoms with van der Waals surface area (Å²) in [5.41, 5.74) is 0.809. The number of amides is 2. The van der Waals surface area contributed by atoms with Crippen LogP contribution in [0.4, 0.5) is 0 Å². The molecule has 0 N–H and O–H groups in total. The van der Waals surface area contributed by atoms with Gasteiger partial charge in [0.1, 0.15) is 0 Å². The zero-order chi connectivity index (χ0) is 14.0. The number of halogens is 1. The number of ether oxygens (including phenoxy) is 1. The normalized spacial score (nSPS) is 13.7. The van der Waals surface area contributed by atoms with Gasteiger partial charge in [0.05, 0.1) is 18.2 Å². The van der Waals surface area contributed by atoms with E-state index in [0.29, 0.717) is 17.5 Å². The molecule has 0 aliphatic carbocycles. The molecule has 1 heterocycles. The van der Waals surface area contributed by atoms with Gasteiger partial charge in [0.15, 0.2) is 0 Å².